The minimum atomic E-state index is -0.0601. The first kappa shape index (κ1) is 26.9. The molecule has 7 aromatic rings. The molecule has 7 rings (SSSR count). The van der Waals surface area contributed by atoms with Gasteiger partial charge in [0.1, 0.15) is 12.1 Å². The summed E-state index contributed by atoms with van der Waals surface area (Å²) in [5.41, 5.74) is 10.3. The summed E-state index contributed by atoms with van der Waals surface area (Å²) in [7, 11) is 0. The highest BCUT2D eigenvalue weighted by Crippen LogP contribution is 2.31. The Hall–Kier alpha value is -5.98. The van der Waals surface area contributed by atoms with Crippen LogP contribution in [0.1, 0.15) is 45.5 Å². The second-order valence-electron chi connectivity index (χ2n) is 11.1. The average molecular weight is 571 g/mol. The molecule has 0 aliphatic heterocycles. The Bertz CT molecular complexity index is 2030. The Labute approximate surface area is 255 Å². The van der Waals surface area contributed by atoms with Crippen LogP contribution in [-0.4, -0.2) is 9.97 Å². The van der Waals surface area contributed by atoms with E-state index in [0.29, 0.717) is 24.0 Å². The van der Waals surface area contributed by atoms with Gasteiger partial charge in [-0.25, -0.2) is 19.1 Å². The molecule has 44 heavy (non-hydrogen) atoms. The van der Waals surface area contributed by atoms with Gasteiger partial charge >= 0.3 is 0 Å². The number of imidazole rings is 2. The van der Waals surface area contributed by atoms with E-state index in [9.17, 15) is 10.5 Å². The number of fused-ring (bicyclic) bond motifs is 2. The van der Waals surface area contributed by atoms with Gasteiger partial charge in [0, 0.05) is 24.0 Å². The first-order valence-electron chi connectivity index (χ1n) is 14.7. The van der Waals surface area contributed by atoms with Gasteiger partial charge in [-0.1, -0.05) is 72.8 Å². The number of aromatic amines is 2. The van der Waals surface area contributed by atoms with E-state index >= 15 is 0 Å². The van der Waals surface area contributed by atoms with Crippen LogP contribution in [0.2, 0.25) is 0 Å². The average Bonchev–Trinajstić information content (AvgIpc) is 3.71. The standard InChI is InChI=1S/C38H28N6/c39-23-29-11-7-9-27(19-29)21-37(43-25-41-33-15-3-5-17-35(33)43)31-13-1-2-14-32(31)38(22-28-10-8-12-30(20-28)24-40)44-26-42-34-16-4-6-18-36(34)44/h1-20,25-26,37-38H,21-22H2/p+2. The summed E-state index contributed by atoms with van der Waals surface area (Å²) in [5, 5.41) is 19.3. The zero-order valence-corrected chi connectivity index (χ0v) is 24.1. The Morgan fingerprint density at radius 3 is 1.41 bits per heavy atom. The van der Waals surface area contributed by atoms with Crippen molar-refractivity contribution >= 4 is 22.1 Å². The number of hydrogen-bond donors (Lipinski definition) is 2. The maximum atomic E-state index is 9.64. The van der Waals surface area contributed by atoms with Gasteiger partial charge in [0.2, 0.25) is 12.7 Å². The molecule has 0 fully saturated rings. The molecule has 2 unspecified atom stereocenters. The van der Waals surface area contributed by atoms with E-state index in [-0.39, 0.29) is 12.1 Å². The molecule has 2 aromatic heterocycles. The molecule has 0 aliphatic rings. The molecule has 6 nitrogen and oxygen atoms in total. The van der Waals surface area contributed by atoms with E-state index < -0.39 is 0 Å². The number of rotatable bonds is 8. The van der Waals surface area contributed by atoms with E-state index in [1.807, 2.05) is 48.5 Å². The van der Waals surface area contributed by atoms with E-state index in [1.54, 1.807) is 0 Å². The van der Waals surface area contributed by atoms with Crippen LogP contribution in [0.4, 0.5) is 0 Å². The third-order valence-electron chi connectivity index (χ3n) is 8.44. The topological polar surface area (TPSA) is 86.9 Å². The quantitative estimate of drug-likeness (QED) is 0.201. The van der Waals surface area contributed by atoms with Crippen LogP contribution in [0.3, 0.4) is 0 Å². The van der Waals surface area contributed by atoms with Crippen LogP contribution in [0.5, 0.6) is 0 Å². The third kappa shape index (κ3) is 5.11. The second-order valence-corrected chi connectivity index (χ2v) is 11.1. The first-order valence-corrected chi connectivity index (χ1v) is 14.7. The van der Waals surface area contributed by atoms with Gasteiger partial charge in [-0.2, -0.15) is 10.5 Å². The highest BCUT2D eigenvalue weighted by molar-refractivity contribution is 5.71. The molecule has 0 spiro atoms. The lowest BCUT2D eigenvalue weighted by atomic mass is 9.88. The van der Waals surface area contributed by atoms with Gasteiger partial charge < -0.3 is 0 Å². The van der Waals surface area contributed by atoms with E-state index in [0.717, 1.165) is 33.2 Å². The maximum Gasteiger partial charge on any atom is 0.243 e. The number of nitrogens with one attached hydrogen (secondary N) is 2. The number of para-hydroxylation sites is 4. The molecule has 2 heterocycles. The summed E-state index contributed by atoms with van der Waals surface area (Å²) < 4.78 is 4.64. The van der Waals surface area contributed by atoms with Crippen LogP contribution in [0.25, 0.3) is 22.1 Å². The minimum Gasteiger partial charge on any atom is -0.243 e. The fourth-order valence-electron chi connectivity index (χ4n) is 6.39. The molecule has 210 valence electrons. The first-order chi connectivity index (χ1) is 21.7. The minimum absolute atomic E-state index is 0.0601. The van der Waals surface area contributed by atoms with Crippen molar-refractivity contribution in [3.8, 4) is 12.1 Å². The van der Waals surface area contributed by atoms with Crippen molar-refractivity contribution in [2.45, 2.75) is 24.9 Å². The van der Waals surface area contributed by atoms with Crippen LogP contribution < -0.4 is 9.13 Å². The largest absolute Gasteiger partial charge is 0.243 e. The molecule has 2 atom stereocenters. The lowest BCUT2D eigenvalue weighted by Gasteiger charge is -2.23. The molecule has 5 aromatic carbocycles. The molecule has 0 radical (unpaired) electrons. The molecule has 2 N–H and O–H groups in total. The van der Waals surface area contributed by atoms with Gasteiger partial charge in [0.25, 0.3) is 0 Å². The third-order valence-corrected chi connectivity index (χ3v) is 8.44. The molecular weight excluding hydrogens is 540 g/mol. The lowest BCUT2D eigenvalue weighted by molar-refractivity contribution is -0.694. The Balaban J connectivity index is 1.43. The Kier molecular flexibility index (Phi) is 7.16. The van der Waals surface area contributed by atoms with Gasteiger partial charge in [0.05, 0.1) is 23.3 Å². The van der Waals surface area contributed by atoms with E-state index in [1.165, 1.54) is 11.1 Å². The molecule has 0 amide bonds. The van der Waals surface area contributed by atoms with Crippen molar-refractivity contribution in [2.75, 3.05) is 0 Å². The summed E-state index contributed by atoms with van der Waals surface area (Å²) in [6.45, 7) is 0. The van der Waals surface area contributed by atoms with Crippen molar-refractivity contribution < 1.29 is 9.13 Å². The van der Waals surface area contributed by atoms with Crippen LogP contribution in [-0.2, 0) is 12.8 Å². The summed E-state index contributed by atoms with van der Waals surface area (Å²) >= 11 is 0. The van der Waals surface area contributed by atoms with Gasteiger partial charge in [-0.3, -0.25) is 0 Å². The number of H-pyrrole nitrogens is 2. The fraction of sp³-hybridized carbons (Fsp3) is 0.105. The summed E-state index contributed by atoms with van der Waals surface area (Å²) in [5.74, 6) is 0. The smallest absolute Gasteiger partial charge is 0.243 e. The Morgan fingerprint density at radius 2 is 0.955 bits per heavy atom. The second kappa shape index (κ2) is 11.7. The van der Waals surface area contributed by atoms with Crippen LogP contribution in [0.15, 0.2) is 134 Å². The van der Waals surface area contributed by atoms with Crippen molar-refractivity contribution in [3.63, 3.8) is 0 Å². The van der Waals surface area contributed by atoms with E-state index in [4.69, 9.17) is 0 Å². The molecule has 6 heteroatoms. The molecule has 0 saturated carbocycles. The Morgan fingerprint density at radius 1 is 0.523 bits per heavy atom. The molecule has 0 saturated heterocycles. The molecule has 0 aliphatic carbocycles. The normalized spacial score (nSPS) is 12.5. The van der Waals surface area contributed by atoms with Crippen molar-refractivity contribution in [1.82, 2.24) is 9.97 Å². The zero-order valence-electron chi connectivity index (χ0n) is 24.1. The van der Waals surface area contributed by atoms with Crippen molar-refractivity contribution in [2.24, 2.45) is 0 Å². The highest BCUT2D eigenvalue weighted by Gasteiger charge is 2.31. The molecular formula is C38H30N6+2. The van der Waals surface area contributed by atoms with Gasteiger partial charge in [-0.15, -0.1) is 0 Å². The molecule has 0 bridgehead atoms. The van der Waals surface area contributed by atoms with Crippen molar-refractivity contribution in [3.05, 3.63) is 167 Å². The van der Waals surface area contributed by atoms with Gasteiger partial charge in [0.15, 0.2) is 22.1 Å². The number of hydrogen-bond acceptors (Lipinski definition) is 2. The summed E-state index contributed by atoms with van der Waals surface area (Å²) in [6.07, 6.45) is 5.53. The number of benzene rings is 5. The van der Waals surface area contributed by atoms with Crippen LogP contribution >= 0.6 is 0 Å². The summed E-state index contributed by atoms with van der Waals surface area (Å²) in [4.78, 5) is 6.94. The fourth-order valence-corrected chi connectivity index (χ4v) is 6.39. The predicted molar refractivity (Wildman–Crippen MR) is 169 cm³/mol. The lowest BCUT2D eigenvalue weighted by Crippen LogP contribution is -2.44. The predicted octanol–water partition coefficient (Wildman–Crippen LogP) is 6.63. The monoisotopic (exact) mass is 570 g/mol. The maximum absolute atomic E-state index is 9.64. The number of nitrogens with zero attached hydrogens (tertiary/aromatic N) is 4. The van der Waals surface area contributed by atoms with Crippen LogP contribution in [0, 0.1) is 22.7 Å². The number of aromatic nitrogens is 4. The highest BCUT2D eigenvalue weighted by atomic mass is 15.1. The summed E-state index contributed by atoms with van der Waals surface area (Å²) in [6, 6.07) is 45.7. The zero-order chi connectivity index (χ0) is 29.9. The van der Waals surface area contributed by atoms with Crippen molar-refractivity contribution in [1.29, 1.82) is 10.5 Å². The SMILES string of the molecule is N#Cc1cccc(CC(c2ccccc2C(Cc2cccc(C#N)c2)[n+]2c[nH]c3ccccc32)[n+]2c[nH]c3ccccc32)c1. The number of nitriles is 2. The van der Waals surface area contributed by atoms with E-state index in [2.05, 4.69) is 117 Å². The van der Waals surface area contributed by atoms with Gasteiger partial charge in [-0.05, 0) is 59.7 Å².